The highest BCUT2D eigenvalue weighted by atomic mass is 16.2. The molecule has 0 atom stereocenters. The van der Waals surface area contributed by atoms with Crippen molar-refractivity contribution in [1.29, 1.82) is 0 Å². The lowest BCUT2D eigenvalue weighted by molar-refractivity contribution is -0.136. The van der Waals surface area contributed by atoms with Crippen molar-refractivity contribution in [2.75, 3.05) is 31.1 Å². The lowest BCUT2D eigenvalue weighted by Crippen LogP contribution is -2.51. The number of tetrazole rings is 1. The minimum atomic E-state index is -0.260. The Labute approximate surface area is 186 Å². The van der Waals surface area contributed by atoms with E-state index >= 15 is 0 Å². The summed E-state index contributed by atoms with van der Waals surface area (Å²) in [5.74, 6) is 0.446. The number of amides is 2. The molecular formula is C19H20N12O2. The van der Waals surface area contributed by atoms with Crippen molar-refractivity contribution in [1.82, 2.24) is 50.4 Å². The number of rotatable bonds is 6. The molecule has 14 nitrogen and oxygen atoms in total. The van der Waals surface area contributed by atoms with Crippen LogP contribution in [0.5, 0.6) is 0 Å². The van der Waals surface area contributed by atoms with Gasteiger partial charge in [-0.15, -0.1) is 10.2 Å². The Balaban J connectivity index is 1.11. The second kappa shape index (κ2) is 8.14. The van der Waals surface area contributed by atoms with Gasteiger partial charge in [-0.05, 0) is 17.3 Å². The van der Waals surface area contributed by atoms with E-state index in [-0.39, 0.29) is 42.6 Å². The van der Waals surface area contributed by atoms with E-state index in [0.29, 0.717) is 35.6 Å². The number of carbonyl (C=O) groups is 2. The van der Waals surface area contributed by atoms with Crippen molar-refractivity contribution in [2.24, 2.45) is 0 Å². The van der Waals surface area contributed by atoms with Crippen LogP contribution >= 0.6 is 0 Å². The first-order chi connectivity index (χ1) is 16.0. The Morgan fingerprint density at radius 2 is 1.94 bits per heavy atom. The van der Waals surface area contributed by atoms with Crippen LogP contribution in [0.2, 0.25) is 0 Å². The first-order valence-corrected chi connectivity index (χ1v) is 10.1. The van der Waals surface area contributed by atoms with Gasteiger partial charge < -0.3 is 26.3 Å². The molecule has 1 fully saturated rings. The summed E-state index contributed by atoms with van der Waals surface area (Å²) in [5, 5.41) is 16.4. The smallest absolute Gasteiger partial charge is 0.251 e. The van der Waals surface area contributed by atoms with Gasteiger partial charge in [-0.1, -0.05) is 12.1 Å². The summed E-state index contributed by atoms with van der Waals surface area (Å²) in [6.07, 6.45) is 1.83. The van der Waals surface area contributed by atoms with E-state index in [9.17, 15) is 9.59 Å². The molecule has 0 radical (unpaired) electrons. The van der Waals surface area contributed by atoms with E-state index in [1.54, 1.807) is 35.5 Å². The SMILES string of the molecule is Nc1nc(N)c2ncn(C3CN(C(=O)CCNC(=O)c4ccc(-c5nn[nH]n5)cc4)C3)c2n1. The number of fused-ring (bicyclic) bond motifs is 1. The third-order valence-corrected chi connectivity index (χ3v) is 5.45. The van der Waals surface area contributed by atoms with E-state index in [4.69, 9.17) is 11.5 Å². The van der Waals surface area contributed by atoms with Gasteiger partial charge in [0.05, 0.1) is 12.4 Å². The maximum absolute atomic E-state index is 12.5. The zero-order chi connectivity index (χ0) is 22.9. The van der Waals surface area contributed by atoms with E-state index in [1.807, 2.05) is 4.57 Å². The normalized spacial score (nSPS) is 13.8. The van der Waals surface area contributed by atoms with Gasteiger partial charge in [0.15, 0.2) is 11.5 Å². The predicted molar refractivity (Wildman–Crippen MR) is 116 cm³/mol. The van der Waals surface area contributed by atoms with Crippen LogP contribution in [0, 0.1) is 0 Å². The molecular weight excluding hydrogens is 428 g/mol. The Hall–Kier alpha value is -4.62. The molecule has 2 amide bonds. The molecule has 14 heteroatoms. The molecule has 0 unspecified atom stereocenters. The number of aromatic amines is 1. The first kappa shape index (κ1) is 20.3. The zero-order valence-electron chi connectivity index (χ0n) is 17.3. The summed E-state index contributed by atoms with van der Waals surface area (Å²) < 4.78 is 1.85. The zero-order valence-corrected chi connectivity index (χ0v) is 17.3. The number of nitrogens with zero attached hydrogens (tertiary/aromatic N) is 8. The highest BCUT2D eigenvalue weighted by molar-refractivity contribution is 5.94. The molecule has 4 heterocycles. The minimum Gasteiger partial charge on any atom is -0.382 e. The molecule has 0 bridgehead atoms. The largest absolute Gasteiger partial charge is 0.382 e. The van der Waals surface area contributed by atoms with Gasteiger partial charge in [0.2, 0.25) is 17.7 Å². The van der Waals surface area contributed by atoms with Crippen LogP contribution in [0.25, 0.3) is 22.6 Å². The summed E-state index contributed by atoms with van der Waals surface area (Å²) in [6.45, 7) is 1.26. The van der Waals surface area contributed by atoms with E-state index in [1.165, 1.54) is 0 Å². The predicted octanol–water partition coefficient (Wildman–Crippen LogP) is -0.626. The summed E-state index contributed by atoms with van der Waals surface area (Å²) in [4.78, 5) is 38.9. The monoisotopic (exact) mass is 448 g/mol. The number of hydrogen-bond donors (Lipinski definition) is 4. The topological polar surface area (TPSA) is 200 Å². The van der Waals surface area contributed by atoms with Gasteiger partial charge >= 0.3 is 0 Å². The number of imidazole rings is 1. The Morgan fingerprint density at radius 3 is 2.67 bits per heavy atom. The van der Waals surface area contributed by atoms with Gasteiger partial charge in [0.1, 0.15) is 5.52 Å². The number of likely N-dealkylation sites (tertiary alicyclic amines) is 1. The third kappa shape index (κ3) is 3.88. The number of nitrogens with two attached hydrogens (primary N) is 2. The number of anilines is 2. The van der Waals surface area contributed by atoms with E-state index in [2.05, 4.69) is 40.9 Å². The van der Waals surface area contributed by atoms with Gasteiger partial charge in [-0.25, -0.2) is 4.98 Å². The van der Waals surface area contributed by atoms with Crippen LogP contribution < -0.4 is 16.8 Å². The number of aromatic nitrogens is 8. The molecule has 1 aliphatic heterocycles. The van der Waals surface area contributed by atoms with Crippen molar-refractivity contribution >= 4 is 34.7 Å². The summed E-state index contributed by atoms with van der Waals surface area (Å²) in [7, 11) is 0. The number of benzene rings is 1. The average molecular weight is 448 g/mol. The van der Waals surface area contributed by atoms with Crippen LogP contribution in [0.3, 0.4) is 0 Å². The molecule has 4 aromatic rings. The van der Waals surface area contributed by atoms with Crippen molar-refractivity contribution < 1.29 is 9.59 Å². The van der Waals surface area contributed by atoms with E-state index < -0.39 is 0 Å². The Bertz CT molecular complexity index is 1310. The Kier molecular flexibility index (Phi) is 5.01. The van der Waals surface area contributed by atoms with Crippen molar-refractivity contribution in [3.05, 3.63) is 36.2 Å². The molecule has 1 aromatic carbocycles. The molecule has 33 heavy (non-hydrogen) atoms. The quantitative estimate of drug-likeness (QED) is 0.294. The molecule has 0 saturated carbocycles. The fraction of sp³-hybridized carbons (Fsp3) is 0.263. The first-order valence-electron chi connectivity index (χ1n) is 10.1. The fourth-order valence-corrected chi connectivity index (χ4v) is 3.66. The van der Waals surface area contributed by atoms with Gasteiger partial charge in [0.25, 0.3) is 5.91 Å². The van der Waals surface area contributed by atoms with Crippen LogP contribution in [-0.4, -0.2) is 76.5 Å². The van der Waals surface area contributed by atoms with Crippen LogP contribution in [0.15, 0.2) is 30.6 Å². The summed E-state index contributed by atoms with van der Waals surface area (Å²) >= 11 is 0. The molecule has 0 spiro atoms. The van der Waals surface area contributed by atoms with Gasteiger partial charge in [0, 0.05) is 37.2 Å². The molecule has 0 aliphatic carbocycles. The van der Waals surface area contributed by atoms with Crippen LogP contribution in [0.4, 0.5) is 11.8 Å². The highest BCUT2D eigenvalue weighted by Crippen LogP contribution is 2.27. The number of nitrogen functional groups attached to an aromatic ring is 2. The van der Waals surface area contributed by atoms with Crippen LogP contribution in [-0.2, 0) is 4.79 Å². The summed E-state index contributed by atoms with van der Waals surface area (Å²) in [6, 6.07) is 6.83. The molecule has 168 valence electrons. The van der Waals surface area contributed by atoms with Crippen molar-refractivity contribution in [3.8, 4) is 11.4 Å². The van der Waals surface area contributed by atoms with Gasteiger partial charge in [-0.3, -0.25) is 9.59 Å². The lowest BCUT2D eigenvalue weighted by Gasteiger charge is -2.40. The minimum absolute atomic E-state index is 0.0277. The molecule has 1 aliphatic rings. The standard InChI is InChI=1S/C19H20N12O2/c20-15-14-17(25-19(21)24-15)31(9-23-14)12-7-30(8-12)13(32)5-6-22-18(33)11-3-1-10(2-4-11)16-26-28-29-27-16/h1-4,9,12H,5-8H2,(H,22,33)(H4,20,21,24,25)(H,26,27,28,29). The van der Waals surface area contributed by atoms with Crippen molar-refractivity contribution in [2.45, 2.75) is 12.5 Å². The second-order valence-corrected chi connectivity index (χ2v) is 7.56. The van der Waals surface area contributed by atoms with E-state index in [0.717, 1.165) is 5.56 Å². The maximum Gasteiger partial charge on any atom is 0.251 e. The molecule has 6 N–H and O–H groups in total. The number of carbonyl (C=O) groups excluding carboxylic acids is 2. The Morgan fingerprint density at radius 1 is 1.15 bits per heavy atom. The fourth-order valence-electron chi connectivity index (χ4n) is 3.66. The number of nitrogens with one attached hydrogen (secondary N) is 2. The third-order valence-electron chi connectivity index (χ3n) is 5.45. The highest BCUT2D eigenvalue weighted by Gasteiger charge is 2.33. The lowest BCUT2D eigenvalue weighted by atomic mass is 10.1. The molecule has 5 rings (SSSR count). The number of hydrogen-bond acceptors (Lipinski definition) is 10. The number of H-pyrrole nitrogens is 1. The summed E-state index contributed by atoms with van der Waals surface area (Å²) in [5.41, 5.74) is 13.8. The average Bonchev–Trinajstić information content (AvgIpc) is 3.44. The second-order valence-electron chi connectivity index (χ2n) is 7.56. The molecule has 1 saturated heterocycles. The van der Waals surface area contributed by atoms with Crippen molar-refractivity contribution in [3.63, 3.8) is 0 Å². The maximum atomic E-state index is 12.5. The van der Waals surface area contributed by atoms with Gasteiger partial charge in [-0.2, -0.15) is 15.2 Å². The van der Waals surface area contributed by atoms with Crippen LogP contribution in [0.1, 0.15) is 22.8 Å². The molecule has 3 aromatic heterocycles.